The van der Waals surface area contributed by atoms with Gasteiger partial charge in [0.1, 0.15) is 11.0 Å². The van der Waals surface area contributed by atoms with E-state index < -0.39 is 0 Å². The van der Waals surface area contributed by atoms with Crippen LogP contribution in [0.1, 0.15) is 40.5 Å². The fourth-order valence-corrected chi connectivity index (χ4v) is 2.77. The molecule has 1 rings (SSSR count). The lowest BCUT2D eigenvalue weighted by Gasteiger charge is -2.33. The lowest BCUT2D eigenvalue weighted by Crippen LogP contribution is -2.38. The van der Waals surface area contributed by atoms with Crippen molar-refractivity contribution in [3.05, 3.63) is 21.3 Å². The zero-order valence-electron chi connectivity index (χ0n) is 11.9. The van der Waals surface area contributed by atoms with E-state index in [1.165, 1.54) is 0 Å². The normalized spacial score (nSPS) is 11.4. The quantitative estimate of drug-likeness (QED) is 0.625. The summed E-state index contributed by atoms with van der Waals surface area (Å²) in [5.74, 6) is 1.26. The van der Waals surface area contributed by atoms with Gasteiger partial charge in [0.2, 0.25) is 0 Å². The molecule has 0 aliphatic rings. The minimum Gasteiger partial charge on any atom is -0.352 e. The molecule has 0 saturated heterocycles. The number of rotatable bonds is 6. The highest BCUT2D eigenvalue weighted by molar-refractivity contribution is 6.42. The molecule has 0 fully saturated rings. The summed E-state index contributed by atoms with van der Waals surface area (Å²) in [5.41, 5.74) is 0. The summed E-state index contributed by atoms with van der Waals surface area (Å²) < 4.78 is 0. The maximum absolute atomic E-state index is 6.29. The Hall–Kier alpha value is -0.180. The first-order chi connectivity index (χ1) is 8.90. The van der Waals surface area contributed by atoms with E-state index in [0.717, 1.165) is 25.2 Å². The largest absolute Gasteiger partial charge is 0.352 e. The SMILES string of the molecule is CCC(CC)N(CC(C)C)c1nc(Cl)c(Cl)cc1Cl. The first kappa shape index (κ1) is 16.9. The first-order valence-electron chi connectivity index (χ1n) is 6.68. The predicted molar refractivity (Wildman–Crippen MR) is 85.8 cm³/mol. The Kier molecular flexibility index (Phi) is 6.72. The molecule has 1 aromatic rings. The summed E-state index contributed by atoms with van der Waals surface area (Å²) in [4.78, 5) is 6.62. The highest BCUT2D eigenvalue weighted by Crippen LogP contribution is 2.33. The summed E-state index contributed by atoms with van der Waals surface area (Å²) in [7, 11) is 0. The molecule has 19 heavy (non-hydrogen) atoms. The third-order valence-corrected chi connectivity index (χ3v) is 4.04. The van der Waals surface area contributed by atoms with Gasteiger partial charge in [-0.15, -0.1) is 0 Å². The Morgan fingerprint density at radius 3 is 2.16 bits per heavy atom. The third kappa shape index (κ3) is 4.40. The van der Waals surface area contributed by atoms with Crippen LogP contribution in [0.4, 0.5) is 5.82 Å². The summed E-state index contributed by atoms with van der Waals surface area (Å²) in [6.45, 7) is 9.61. The molecule has 5 heteroatoms. The van der Waals surface area contributed by atoms with Crippen LogP contribution in [0.15, 0.2) is 6.07 Å². The van der Waals surface area contributed by atoms with Crippen LogP contribution in [0.3, 0.4) is 0 Å². The number of nitrogens with zero attached hydrogens (tertiary/aromatic N) is 2. The van der Waals surface area contributed by atoms with E-state index in [1.807, 2.05) is 0 Å². The number of aromatic nitrogens is 1. The number of hydrogen-bond acceptors (Lipinski definition) is 2. The number of hydrogen-bond donors (Lipinski definition) is 0. The molecule has 108 valence electrons. The van der Waals surface area contributed by atoms with Gasteiger partial charge < -0.3 is 4.90 Å². The second-order valence-corrected chi connectivity index (χ2v) is 6.26. The molecule has 0 amide bonds. The smallest absolute Gasteiger partial charge is 0.150 e. The maximum Gasteiger partial charge on any atom is 0.150 e. The van der Waals surface area contributed by atoms with Gasteiger partial charge in [-0.2, -0.15) is 0 Å². The standard InChI is InChI=1S/C14H21Cl3N2/c1-5-10(6-2)19(8-9(3)4)14-12(16)7-11(15)13(17)18-14/h7,9-10H,5-6,8H2,1-4H3. The van der Waals surface area contributed by atoms with E-state index in [2.05, 4.69) is 37.6 Å². The van der Waals surface area contributed by atoms with E-state index in [9.17, 15) is 0 Å². The highest BCUT2D eigenvalue weighted by atomic mass is 35.5. The molecule has 0 aliphatic carbocycles. The Balaban J connectivity index is 3.20. The second-order valence-electron chi connectivity index (χ2n) is 5.08. The predicted octanol–water partition coefficient (Wildman–Crippen LogP) is 5.69. The second kappa shape index (κ2) is 7.56. The Bertz CT molecular complexity index is 417. The zero-order chi connectivity index (χ0) is 14.6. The number of halogens is 3. The molecule has 1 aromatic heterocycles. The Morgan fingerprint density at radius 1 is 1.11 bits per heavy atom. The average Bonchev–Trinajstić information content (AvgIpc) is 2.33. The van der Waals surface area contributed by atoms with Crippen molar-refractivity contribution in [2.45, 2.75) is 46.6 Å². The lowest BCUT2D eigenvalue weighted by molar-refractivity contribution is 0.503. The van der Waals surface area contributed by atoms with Crippen molar-refractivity contribution in [2.24, 2.45) is 5.92 Å². The molecule has 0 radical (unpaired) electrons. The molecular weight excluding hydrogens is 303 g/mol. The molecule has 0 aliphatic heterocycles. The monoisotopic (exact) mass is 322 g/mol. The van der Waals surface area contributed by atoms with Crippen LogP contribution >= 0.6 is 34.8 Å². The summed E-state index contributed by atoms with van der Waals surface area (Å²) >= 11 is 18.3. The van der Waals surface area contributed by atoms with Crippen LogP contribution in [0, 0.1) is 5.92 Å². The first-order valence-corrected chi connectivity index (χ1v) is 7.82. The Morgan fingerprint density at radius 2 is 1.68 bits per heavy atom. The molecule has 0 bridgehead atoms. The van der Waals surface area contributed by atoms with Crippen LogP contribution in [0.25, 0.3) is 0 Å². The van der Waals surface area contributed by atoms with Crippen molar-refractivity contribution < 1.29 is 0 Å². The average molecular weight is 324 g/mol. The van der Waals surface area contributed by atoms with Crippen molar-refractivity contribution in [1.29, 1.82) is 0 Å². The van der Waals surface area contributed by atoms with Gasteiger partial charge in [-0.1, -0.05) is 62.5 Å². The molecular formula is C14H21Cl3N2. The van der Waals surface area contributed by atoms with E-state index in [0.29, 0.717) is 27.2 Å². The molecule has 0 saturated carbocycles. The van der Waals surface area contributed by atoms with E-state index in [-0.39, 0.29) is 0 Å². The van der Waals surface area contributed by atoms with Gasteiger partial charge >= 0.3 is 0 Å². The van der Waals surface area contributed by atoms with Crippen LogP contribution in [0.5, 0.6) is 0 Å². The van der Waals surface area contributed by atoms with Crippen molar-refractivity contribution >= 4 is 40.6 Å². The molecule has 0 N–H and O–H groups in total. The van der Waals surface area contributed by atoms with Crippen LogP contribution in [-0.2, 0) is 0 Å². The highest BCUT2D eigenvalue weighted by Gasteiger charge is 2.21. The molecule has 0 atom stereocenters. The summed E-state index contributed by atoms with van der Waals surface area (Å²) in [5, 5.41) is 1.26. The lowest BCUT2D eigenvalue weighted by atomic mass is 10.1. The molecule has 1 heterocycles. The van der Waals surface area contributed by atoms with Crippen LogP contribution in [-0.4, -0.2) is 17.6 Å². The van der Waals surface area contributed by atoms with Crippen LogP contribution in [0.2, 0.25) is 15.2 Å². The van der Waals surface area contributed by atoms with Gasteiger partial charge in [0, 0.05) is 12.6 Å². The summed E-state index contributed by atoms with van der Waals surface area (Å²) in [6, 6.07) is 2.08. The zero-order valence-corrected chi connectivity index (χ0v) is 14.1. The van der Waals surface area contributed by atoms with E-state index >= 15 is 0 Å². The maximum atomic E-state index is 6.29. The number of pyridine rings is 1. The minimum atomic E-state index is 0.306. The van der Waals surface area contributed by atoms with Crippen LogP contribution < -0.4 is 4.90 Å². The molecule has 0 aromatic carbocycles. The van der Waals surface area contributed by atoms with Crippen molar-refractivity contribution in [1.82, 2.24) is 4.98 Å². The van der Waals surface area contributed by atoms with Gasteiger partial charge in [0.25, 0.3) is 0 Å². The van der Waals surface area contributed by atoms with Gasteiger partial charge in [-0.25, -0.2) is 4.98 Å². The van der Waals surface area contributed by atoms with Gasteiger partial charge in [0.15, 0.2) is 0 Å². The molecule has 0 spiro atoms. The van der Waals surface area contributed by atoms with Gasteiger partial charge in [-0.05, 0) is 24.8 Å². The fraction of sp³-hybridized carbons (Fsp3) is 0.643. The van der Waals surface area contributed by atoms with Gasteiger partial charge in [-0.3, -0.25) is 0 Å². The van der Waals surface area contributed by atoms with Gasteiger partial charge in [0.05, 0.1) is 10.0 Å². The summed E-state index contributed by atoms with van der Waals surface area (Å²) in [6.07, 6.45) is 2.09. The van der Waals surface area contributed by atoms with Crippen molar-refractivity contribution in [3.8, 4) is 0 Å². The Labute approximate surface area is 131 Å². The fourth-order valence-electron chi connectivity index (χ4n) is 2.17. The van der Waals surface area contributed by atoms with Crippen molar-refractivity contribution in [2.75, 3.05) is 11.4 Å². The molecule has 0 unspecified atom stereocenters. The topological polar surface area (TPSA) is 16.1 Å². The minimum absolute atomic E-state index is 0.306. The molecule has 2 nitrogen and oxygen atoms in total. The van der Waals surface area contributed by atoms with E-state index in [4.69, 9.17) is 34.8 Å². The number of anilines is 1. The third-order valence-electron chi connectivity index (χ3n) is 3.09. The van der Waals surface area contributed by atoms with Crippen molar-refractivity contribution in [3.63, 3.8) is 0 Å². The van der Waals surface area contributed by atoms with E-state index in [1.54, 1.807) is 6.07 Å².